The van der Waals surface area contributed by atoms with Crippen LogP contribution in [-0.4, -0.2) is 69.2 Å². The first kappa shape index (κ1) is 17.7. The molecule has 0 aromatic rings. The van der Waals surface area contributed by atoms with Gasteiger partial charge in [0.15, 0.2) is 0 Å². The van der Waals surface area contributed by atoms with Crippen molar-refractivity contribution >= 4 is 15.9 Å². The lowest BCUT2D eigenvalue weighted by Gasteiger charge is -2.35. The molecule has 128 valence electrons. The van der Waals surface area contributed by atoms with Crippen LogP contribution in [0.3, 0.4) is 0 Å². The molecule has 0 N–H and O–H groups in total. The van der Waals surface area contributed by atoms with E-state index in [1.165, 1.54) is 4.31 Å². The van der Waals surface area contributed by atoms with Crippen molar-refractivity contribution in [3.63, 3.8) is 0 Å². The average Bonchev–Trinajstić information content (AvgIpc) is 3.06. The molecule has 1 amide bonds. The largest absolute Gasteiger partial charge is 0.383 e. The Bertz CT molecular complexity index is 474. The Morgan fingerprint density at radius 2 is 1.91 bits per heavy atom. The Labute approximate surface area is 133 Å². The molecule has 1 aliphatic carbocycles. The summed E-state index contributed by atoms with van der Waals surface area (Å²) in [5.41, 5.74) is 0. The van der Waals surface area contributed by atoms with Crippen molar-refractivity contribution in [1.29, 1.82) is 0 Å². The standard InChI is InChI=1S/C15H28N2O4S/c1-16(10-11-21-2)22(19,20)14-8-5-9-17(12-14)15(18)13-6-3-4-7-13/h13-14H,3-12H2,1-2H3/t14-/m1/s1. The Morgan fingerprint density at radius 3 is 2.55 bits per heavy atom. The number of amides is 1. The zero-order valence-electron chi connectivity index (χ0n) is 13.7. The predicted octanol–water partition coefficient (Wildman–Crippen LogP) is 1.08. The highest BCUT2D eigenvalue weighted by Crippen LogP contribution is 2.28. The Balaban J connectivity index is 1.98. The van der Waals surface area contributed by atoms with E-state index in [1.807, 2.05) is 0 Å². The lowest BCUT2D eigenvalue weighted by atomic mass is 10.0. The SMILES string of the molecule is COCCN(C)S(=O)(=O)[C@@H]1CCCN(C(=O)C2CCCC2)C1. The molecule has 1 heterocycles. The van der Waals surface area contributed by atoms with E-state index in [1.54, 1.807) is 19.1 Å². The highest BCUT2D eigenvalue weighted by molar-refractivity contribution is 7.89. The molecular formula is C15H28N2O4S. The van der Waals surface area contributed by atoms with Gasteiger partial charge in [-0.1, -0.05) is 12.8 Å². The van der Waals surface area contributed by atoms with Crippen molar-refractivity contribution in [2.75, 3.05) is 40.4 Å². The van der Waals surface area contributed by atoms with Crippen LogP contribution in [0, 0.1) is 5.92 Å². The number of carbonyl (C=O) groups is 1. The third-order valence-electron chi connectivity index (χ3n) is 4.86. The van der Waals surface area contributed by atoms with Gasteiger partial charge in [0.25, 0.3) is 0 Å². The lowest BCUT2D eigenvalue weighted by Crippen LogP contribution is -2.50. The molecule has 6 nitrogen and oxygen atoms in total. The molecule has 2 aliphatic rings. The maximum atomic E-state index is 12.6. The molecule has 2 fully saturated rings. The quantitative estimate of drug-likeness (QED) is 0.730. The highest BCUT2D eigenvalue weighted by atomic mass is 32.2. The Kier molecular flexibility index (Phi) is 6.23. The summed E-state index contributed by atoms with van der Waals surface area (Å²) in [7, 11) is -0.217. The molecule has 7 heteroatoms. The second-order valence-corrected chi connectivity index (χ2v) is 8.71. The fourth-order valence-electron chi connectivity index (χ4n) is 3.41. The molecular weight excluding hydrogens is 304 g/mol. The number of sulfonamides is 1. The van der Waals surface area contributed by atoms with Crippen LogP contribution in [0.5, 0.6) is 0 Å². The van der Waals surface area contributed by atoms with Crippen LogP contribution >= 0.6 is 0 Å². The summed E-state index contributed by atoms with van der Waals surface area (Å²) < 4.78 is 31.5. The Morgan fingerprint density at radius 1 is 1.23 bits per heavy atom. The van der Waals surface area contributed by atoms with Crippen LogP contribution in [0.15, 0.2) is 0 Å². The first-order chi connectivity index (χ1) is 10.5. The van der Waals surface area contributed by atoms with Crippen LogP contribution in [0.25, 0.3) is 0 Å². The first-order valence-electron chi connectivity index (χ1n) is 8.19. The molecule has 1 atom stereocenters. The van der Waals surface area contributed by atoms with E-state index in [0.29, 0.717) is 32.7 Å². The summed E-state index contributed by atoms with van der Waals surface area (Å²) in [6.07, 6.45) is 5.55. The smallest absolute Gasteiger partial charge is 0.225 e. The van der Waals surface area contributed by atoms with Gasteiger partial charge in [0.2, 0.25) is 15.9 Å². The summed E-state index contributed by atoms with van der Waals surface area (Å²) in [5.74, 6) is 0.282. The summed E-state index contributed by atoms with van der Waals surface area (Å²) in [4.78, 5) is 14.3. The maximum Gasteiger partial charge on any atom is 0.225 e. The molecule has 0 radical (unpaired) electrons. The number of likely N-dealkylation sites (N-methyl/N-ethyl adjacent to an activating group) is 1. The van der Waals surface area contributed by atoms with Crippen LogP contribution < -0.4 is 0 Å². The topological polar surface area (TPSA) is 66.9 Å². The molecule has 0 aromatic carbocycles. The predicted molar refractivity (Wildman–Crippen MR) is 85.0 cm³/mol. The monoisotopic (exact) mass is 332 g/mol. The van der Waals surface area contributed by atoms with Gasteiger partial charge in [0, 0.05) is 39.7 Å². The molecule has 1 saturated carbocycles. The summed E-state index contributed by atoms with van der Waals surface area (Å²) >= 11 is 0. The number of rotatable bonds is 6. The molecule has 0 bridgehead atoms. The molecule has 2 rings (SSSR count). The second-order valence-electron chi connectivity index (χ2n) is 6.39. The van der Waals surface area contributed by atoms with Crippen molar-refractivity contribution in [2.45, 2.75) is 43.8 Å². The van der Waals surface area contributed by atoms with Gasteiger partial charge in [-0.15, -0.1) is 0 Å². The van der Waals surface area contributed by atoms with E-state index >= 15 is 0 Å². The number of likely N-dealkylation sites (tertiary alicyclic amines) is 1. The molecule has 0 unspecified atom stereocenters. The number of methoxy groups -OCH3 is 1. The van der Waals surface area contributed by atoms with Crippen LogP contribution in [-0.2, 0) is 19.6 Å². The number of nitrogens with zero attached hydrogens (tertiary/aromatic N) is 2. The number of hydrogen-bond acceptors (Lipinski definition) is 4. The summed E-state index contributed by atoms with van der Waals surface area (Å²) in [6.45, 7) is 1.78. The van der Waals surface area contributed by atoms with Crippen molar-refractivity contribution in [3.05, 3.63) is 0 Å². The van der Waals surface area contributed by atoms with Crippen molar-refractivity contribution in [2.24, 2.45) is 5.92 Å². The van der Waals surface area contributed by atoms with Crippen molar-refractivity contribution in [1.82, 2.24) is 9.21 Å². The van der Waals surface area contributed by atoms with E-state index in [2.05, 4.69) is 0 Å². The Hall–Kier alpha value is -0.660. The van der Waals surface area contributed by atoms with Gasteiger partial charge in [-0.05, 0) is 25.7 Å². The van der Waals surface area contributed by atoms with Crippen molar-refractivity contribution < 1.29 is 17.9 Å². The second kappa shape index (κ2) is 7.75. The summed E-state index contributed by atoms with van der Waals surface area (Å²) in [5, 5.41) is -0.478. The van der Waals surface area contributed by atoms with Crippen molar-refractivity contribution in [3.8, 4) is 0 Å². The fraction of sp³-hybridized carbons (Fsp3) is 0.933. The number of ether oxygens (including phenoxy) is 1. The van der Waals surface area contributed by atoms with Gasteiger partial charge < -0.3 is 9.64 Å². The van der Waals surface area contributed by atoms with Gasteiger partial charge >= 0.3 is 0 Å². The van der Waals surface area contributed by atoms with E-state index in [9.17, 15) is 13.2 Å². The van der Waals surface area contributed by atoms with Crippen LogP contribution in [0.4, 0.5) is 0 Å². The normalized spacial score (nSPS) is 24.1. The lowest BCUT2D eigenvalue weighted by molar-refractivity contribution is -0.136. The van der Waals surface area contributed by atoms with E-state index in [4.69, 9.17) is 4.74 Å². The molecule has 1 saturated heterocycles. The minimum atomic E-state index is -3.36. The van der Waals surface area contributed by atoms with Crippen LogP contribution in [0.2, 0.25) is 0 Å². The third-order valence-corrected chi connectivity index (χ3v) is 7.14. The average molecular weight is 332 g/mol. The minimum Gasteiger partial charge on any atom is -0.383 e. The van der Waals surface area contributed by atoms with Gasteiger partial charge in [0.1, 0.15) is 0 Å². The molecule has 0 spiro atoms. The molecule has 1 aliphatic heterocycles. The zero-order chi connectivity index (χ0) is 16.2. The molecule has 22 heavy (non-hydrogen) atoms. The maximum absolute atomic E-state index is 12.6. The van der Waals surface area contributed by atoms with E-state index in [-0.39, 0.29) is 11.8 Å². The van der Waals surface area contributed by atoms with Gasteiger partial charge in [-0.3, -0.25) is 4.79 Å². The van der Waals surface area contributed by atoms with E-state index in [0.717, 1.165) is 32.1 Å². The summed E-state index contributed by atoms with van der Waals surface area (Å²) in [6, 6.07) is 0. The first-order valence-corrected chi connectivity index (χ1v) is 9.70. The molecule has 0 aromatic heterocycles. The van der Waals surface area contributed by atoms with Crippen LogP contribution in [0.1, 0.15) is 38.5 Å². The zero-order valence-corrected chi connectivity index (χ0v) is 14.5. The van der Waals surface area contributed by atoms with Gasteiger partial charge in [-0.25, -0.2) is 12.7 Å². The third kappa shape index (κ3) is 4.00. The minimum absolute atomic E-state index is 0.118. The van der Waals surface area contributed by atoms with Gasteiger partial charge in [-0.2, -0.15) is 0 Å². The highest BCUT2D eigenvalue weighted by Gasteiger charge is 2.37. The number of hydrogen-bond donors (Lipinski definition) is 0. The fourth-order valence-corrected chi connectivity index (χ4v) is 5.08. The number of piperidine rings is 1. The van der Waals surface area contributed by atoms with E-state index < -0.39 is 15.3 Å². The van der Waals surface area contributed by atoms with Gasteiger partial charge in [0.05, 0.1) is 11.9 Å². The number of carbonyl (C=O) groups excluding carboxylic acids is 1.